The summed E-state index contributed by atoms with van der Waals surface area (Å²) in [6.07, 6.45) is 4.16. The van der Waals surface area contributed by atoms with Crippen LogP contribution in [0.2, 0.25) is 0 Å². The molecule has 1 atom stereocenters. The van der Waals surface area contributed by atoms with E-state index in [9.17, 15) is 9.90 Å². The van der Waals surface area contributed by atoms with E-state index < -0.39 is 11.4 Å². The van der Waals surface area contributed by atoms with Gasteiger partial charge >= 0.3 is 5.97 Å². The molecule has 2 rings (SSSR count). The van der Waals surface area contributed by atoms with Crippen LogP contribution in [0.25, 0.3) is 0 Å². The van der Waals surface area contributed by atoms with E-state index in [4.69, 9.17) is 5.73 Å². The second-order valence-electron chi connectivity index (χ2n) is 5.94. The summed E-state index contributed by atoms with van der Waals surface area (Å²) >= 11 is 0. The third-order valence-corrected chi connectivity index (χ3v) is 4.22. The Hall–Kier alpha value is -1.36. The molecule has 0 aliphatic heterocycles. The van der Waals surface area contributed by atoms with Crippen molar-refractivity contribution < 1.29 is 9.90 Å². The molecule has 1 aromatic rings. The molecule has 19 heavy (non-hydrogen) atoms. The Kier molecular flexibility index (Phi) is 3.94. The quantitative estimate of drug-likeness (QED) is 0.822. The standard InChI is InChI=1S/C14H23N3O2/c1-10(2)9-17-12(4-7-16-17)11(8-15)14(13(18)19)5-3-6-14/h4,7,10-11H,3,5-6,8-9,15H2,1-2H3,(H,18,19). The average molecular weight is 265 g/mol. The molecule has 5 heteroatoms. The Morgan fingerprint density at radius 1 is 1.58 bits per heavy atom. The molecule has 1 heterocycles. The molecule has 1 aromatic heterocycles. The van der Waals surface area contributed by atoms with Crippen molar-refractivity contribution in [3.63, 3.8) is 0 Å². The third kappa shape index (κ3) is 2.39. The third-order valence-electron chi connectivity index (χ3n) is 4.22. The second kappa shape index (κ2) is 5.33. The van der Waals surface area contributed by atoms with E-state index in [1.165, 1.54) is 0 Å². The fraction of sp³-hybridized carbons (Fsp3) is 0.714. The van der Waals surface area contributed by atoms with Crippen LogP contribution in [0.3, 0.4) is 0 Å². The fourth-order valence-electron chi connectivity index (χ4n) is 3.04. The highest BCUT2D eigenvalue weighted by atomic mass is 16.4. The highest BCUT2D eigenvalue weighted by molar-refractivity contribution is 5.77. The van der Waals surface area contributed by atoms with Crippen molar-refractivity contribution in [2.24, 2.45) is 17.1 Å². The minimum absolute atomic E-state index is 0.139. The lowest BCUT2D eigenvalue weighted by atomic mass is 9.60. The van der Waals surface area contributed by atoms with Gasteiger partial charge in [-0.15, -0.1) is 0 Å². The molecule has 1 aliphatic carbocycles. The van der Waals surface area contributed by atoms with Crippen molar-refractivity contribution >= 4 is 5.97 Å². The number of aliphatic carboxylic acids is 1. The number of carboxylic acid groups (broad SMARTS) is 1. The molecule has 5 nitrogen and oxygen atoms in total. The Morgan fingerprint density at radius 3 is 2.68 bits per heavy atom. The van der Waals surface area contributed by atoms with Gasteiger partial charge in [-0.3, -0.25) is 9.48 Å². The highest BCUT2D eigenvalue weighted by Crippen LogP contribution is 2.51. The highest BCUT2D eigenvalue weighted by Gasteiger charge is 2.51. The summed E-state index contributed by atoms with van der Waals surface area (Å²) < 4.78 is 1.92. The maximum atomic E-state index is 11.6. The predicted molar refractivity (Wildman–Crippen MR) is 72.8 cm³/mol. The zero-order valence-corrected chi connectivity index (χ0v) is 11.7. The van der Waals surface area contributed by atoms with Gasteiger partial charge in [0.2, 0.25) is 0 Å². The molecule has 0 bridgehead atoms. The minimum atomic E-state index is -0.716. The zero-order valence-electron chi connectivity index (χ0n) is 11.7. The summed E-state index contributed by atoms with van der Waals surface area (Å²) in [6, 6.07) is 1.92. The topological polar surface area (TPSA) is 81.1 Å². The fourth-order valence-corrected chi connectivity index (χ4v) is 3.04. The lowest BCUT2D eigenvalue weighted by molar-refractivity contribution is -0.156. The summed E-state index contributed by atoms with van der Waals surface area (Å²) in [6.45, 7) is 5.41. The summed E-state index contributed by atoms with van der Waals surface area (Å²) in [7, 11) is 0. The van der Waals surface area contributed by atoms with Gasteiger partial charge in [-0.1, -0.05) is 20.3 Å². The summed E-state index contributed by atoms with van der Waals surface area (Å²) in [5, 5.41) is 13.9. The monoisotopic (exact) mass is 265 g/mol. The molecule has 106 valence electrons. The number of aromatic nitrogens is 2. The normalized spacial score (nSPS) is 19.2. The van der Waals surface area contributed by atoms with Gasteiger partial charge in [0.1, 0.15) is 0 Å². The number of nitrogens with zero attached hydrogens (tertiary/aromatic N) is 2. The Bertz CT molecular complexity index is 449. The smallest absolute Gasteiger partial charge is 0.310 e. The first-order valence-electron chi connectivity index (χ1n) is 6.96. The summed E-state index contributed by atoms with van der Waals surface area (Å²) in [5.74, 6) is -0.384. The first kappa shape index (κ1) is 14.1. The molecule has 3 N–H and O–H groups in total. The van der Waals surface area contributed by atoms with Crippen molar-refractivity contribution in [1.82, 2.24) is 9.78 Å². The van der Waals surface area contributed by atoms with Crippen LogP contribution in [0.4, 0.5) is 0 Å². The van der Waals surface area contributed by atoms with Crippen LogP contribution in [-0.2, 0) is 11.3 Å². The van der Waals surface area contributed by atoms with Crippen molar-refractivity contribution in [2.45, 2.75) is 45.6 Å². The number of carboxylic acids is 1. The van der Waals surface area contributed by atoms with Gasteiger partial charge in [-0.05, 0) is 24.8 Å². The van der Waals surface area contributed by atoms with E-state index in [1.807, 2.05) is 10.7 Å². The van der Waals surface area contributed by atoms with Crippen LogP contribution < -0.4 is 5.73 Å². The Morgan fingerprint density at radius 2 is 2.26 bits per heavy atom. The molecule has 0 amide bonds. The first-order valence-corrected chi connectivity index (χ1v) is 6.96. The molecular formula is C14H23N3O2. The molecule has 1 fully saturated rings. The van der Waals surface area contributed by atoms with Crippen LogP contribution in [0.5, 0.6) is 0 Å². The number of hydrogen-bond donors (Lipinski definition) is 2. The van der Waals surface area contributed by atoms with E-state index >= 15 is 0 Å². The van der Waals surface area contributed by atoms with Crippen molar-refractivity contribution in [2.75, 3.05) is 6.54 Å². The summed E-state index contributed by atoms with van der Waals surface area (Å²) in [4.78, 5) is 11.6. The molecule has 0 aromatic carbocycles. The second-order valence-corrected chi connectivity index (χ2v) is 5.94. The van der Waals surface area contributed by atoms with Crippen molar-refractivity contribution in [1.29, 1.82) is 0 Å². The molecule has 0 saturated heterocycles. The lowest BCUT2D eigenvalue weighted by Crippen LogP contribution is -2.46. The van der Waals surface area contributed by atoms with E-state index in [0.29, 0.717) is 12.5 Å². The lowest BCUT2D eigenvalue weighted by Gasteiger charge is -2.43. The largest absolute Gasteiger partial charge is 0.481 e. The number of nitrogens with two attached hydrogens (primary N) is 1. The van der Waals surface area contributed by atoms with Gasteiger partial charge in [0.15, 0.2) is 0 Å². The molecule has 1 aliphatic rings. The molecule has 0 spiro atoms. The number of rotatable bonds is 6. The van der Waals surface area contributed by atoms with Gasteiger partial charge in [-0.2, -0.15) is 5.10 Å². The SMILES string of the molecule is CC(C)Cn1nccc1C(CN)C1(C(=O)O)CCC1. The molecule has 1 unspecified atom stereocenters. The Labute approximate surface area is 113 Å². The zero-order chi connectivity index (χ0) is 14.0. The van der Waals surface area contributed by atoms with E-state index in [2.05, 4.69) is 18.9 Å². The van der Waals surface area contributed by atoms with Crippen LogP contribution in [0.15, 0.2) is 12.3 Å². The minimum Gasteiger partial charge on any atom is -0.481 e. The molecule has 1 saturated carbocycles. The first-order chi connectivity index (χ1) is 9.01. The summed E-state index contributed by atoms with van der Waals surface area (Å²) in [5.41, 5.74) is 6.19. The number of carbonyl (C=O) groups is 1. The maximum absolute atomic E-state index is 11.6. The van der Waals surface area contributed by atoms with Crippen molar-refractivity contribution in [3.8, 4) is 0 Å². The molecular weight excluding hydrogens is 242 g/mol. The average Bonchev–Trinajstić information content (AvgIpc) is 2.69. The van der Waals surface area contributed by atoms with Crippen LogP contribution in [-0.4, -0.2) is 27.4 Å². The Balaban J connectivity index is 2.32. The van der Waals surface area contributed by atoms with E-state index in [1.54, 1.807) is 6.20 Å². The van der Waals surface area contributed by atoms with E-state index in [0.717, 1.165) is 31.5 Å². The van der Waals surface area contributed by atoms with Crippen LogP contribution >= 0.6 is 0 Å². The van der Waals surface area contributed by atoms with Gasteiger partial charge < -0.3 is 10.8 Å². The van der Waals surface area contributed by atoms with E-state index in [-0.39, 0.29) is 5.92 Å². The number of hydrogen-bond acceptors (Lipinski definition) is 3. The molecule has 0 radical (unpaired) electrons. The van der Waals surface area contributed by atoms with Gasteiger partial charge in [0.05, 0.1) is 5.41 Å². The van der Waals surface area contributed by atoms with Gasteiger partial charge in [0.25, 0.3) is 0 Å². The van der Waals surface area contributed by atoms with Gasteiger partial charge in [0, 0.05) is 30.9 Å². The van der Waals surface area contributed by atoms with Crippen LogP contribution in [0, 0.1) is 11.3 Å². The van der Waals surface area contributed by atoms with Crippen molar-refractivity contribution in [3.05, 3.63) is 18.0 Å². The maximum Gasteiger partial charge on any atom is 0.310 e. The predicted octanol–water partition coefficient (Wildman–Crippen LogP) is 1.84. The van der Waals surface area contributed by atoms with Crippen LogP contribution in [0.1, 0.15) is 44.7 Å². The van der Waals surface area contributed by atoms with Gasteiger partial charge in [-0.25, -0.2) is 0 Å².